The molecule has 7 nitrogen and oxygen atoms in total. The van der Waals surface area contributed by atoms with Crippen molar-refractivity contribution < 1.29 is 9.90 Å². The van der Waals surface area contributed by atoms with Gasteiger partial charge in [0.25, 0.3) is 5.56 Å². The van der Waals surface area contributed by atoms with Crippen LogP contribution in [0.2, 0.25) is 5.02 Å². The molecule has 4 aromatic rings. The number of fused-ring (bicyclic) bond motifs is 3. The Labute approximate surface area is 171 Å². The lowest BCUT2D eigenvalue weighted by atomic mass is 10.0. The number of halogens is 1. The Morgan fingerprint density at radius 1 is 1.17 bits per heavy atom. The SMILES string of the molecule is Cc1nn2c(ncc3c(=O)n(C(C(=O)O)C(C)C)ccc32)c1-c1ccc(Cl)cc1. The van der Waals surface area contributed by atoms with Gasteiger partial charge in [0.2, 0.25) is 0 Å². The summed E-state index contributed by atoms with van der Waals surface area (Å²) in [5.74, 6) is -1.29. The third kappa shape index (κ3) is 3.07. The van der Waals surface area contributed by atoms with Crippen LogP contribution in [0.3, 0.4) is 0 Å². The zero-order valence-corrected chi connectivity index (χ0v) is 16.9. The van der Waals surface area contributed by atoms with Crippen LogP contribution < -0.4 is 5.56 Å². The summed E-state index contributed by atoms with van der Waals surface area (Å²) in [6.07, 6.45) is 3.01. The van der Waals surface area contributed by atoms with Crippen molar-refractivity contribution in [1.29, 1.82) is 0 Å². The molecule has 4 rings (SSSR count). The quantitative estimate of drug-likeness (QED) is 0.550. The number of pyridine rings is 1. The number of aryl methyl sites for hydroxylation is 1. The number of hydrogen-bond donors (Lipinski definition) is 1. The van der Waals surface area contributed by atoms with E-state index in [1.165, 1.54) is 17.0 Å². The van der Waals surface area contributed by atoms with Crippen molar-refractivity contribution in [2.45, 2.75) is 26.8 Å². The van der Waals surface area contributed by atoms with E-state index in [2.05, 4.69) is 10.1 Å². The molecule has 1 N–H and O–H groups in total. The number of carbonyl (C=O) groups is 1. The zero-order chi connectivity index (χ0) is 20.9. The monoisotopic (exact) mass is 410 g/mol. The van der Waals surface area contributed by atoms with Crippen molar-refractivity contribution >= 4 is 34.1 Å². The van der Waals surface area contributed by atoms with Crippen LogP contribution in [0.4, 0.5) is 0 Å². The van der Waals surface area contributed by atoms with E-state index in [0.717, 1.165) is 16.8 Å². The van der Waals surface area contributed by atoms with Gasteiger partial charge >= 0.3 is 5.97 Å². The fraction of sp³-hybridized carbons (Fsp3) is 0.238. The highest BCUT2D eigenvalue weighted by atomic mass is 35.5. The first kappa shape index (κ1) is 19.1. The molecule has 0 aliphatic rings. The van der Waals surface area contributed by atoms with E-state index in [9.17, 15) is 14.7 Å². The number of hydrogen-bond acceptors (Lipinski definition) is 4. The molecule has 0 aliphatic carbocycles. The molecule has 0 radical (unpaired) electrons. The summed E-state index contributed by atoms with van der Waals surface area (Å²) in [6.45, 7) is 5.42. The van der Waals surface area contributed by atoms with E-state index >= 15 is 0 Å². The van der Waals surface area contributed by atoms with Gasteiger partial charge in [0.05, 0.1) is 16.6 Å². The lowest BCUT2D eigenvalue weighted by molar-refractivity contribution is -0.142. The van der Waals surface area contributed by atoms with Gasteiger partial charge in [-0.2, -0.15) is 5.10 Å². The molecule has 3 heterocycles. The minimum atomic E-state index is -1.05. The molecule has 148 valence electrons. The van der Waals surface area contributed by atoms with Gasteiger partial charge in [0.15, 0.2) is 5.65 Å². The molecule has 8 heteroatoms. The van der Waals surface area contributed by atoms with Crippen LogP contribution in [0.5, 0.6) is 0 Å². The summed E-state index contributed by atoms with van der Waals surface area (Å²) in [6, 6.07) is 8.16. The van der Waals surface area contributed by atoms with E-state index in [-0.39, 0.29) is 5.92 Å². The maximum atomic E-state index is 13.0. The third-order valence-corrected chi connectivity index (χ3v) is 5.28. The van der Waals surface area contributed by atoms with Crippen molar-refractivity contribution in [3.05, 3.63) is 63.8 Å². The van der Waals surface area contributed by atoms with Crippen LogP contribution in [0.1, 0.15) is 25.6 Å². The largest absolute Gasteiger partial charge is 0.480 e. The predicted octanol–water partition coefficient (Wildman–Crippen LogP) is 3.95. The zero-order valence-electron chi connectivity index (χ0n) is 16.1. The topological polar surface area (TPSA) is 89.5 Å². The molecule has 1 atom stereocenters. The molecule has 0 aliphatic heterocycles. The molecule has 0 saturated heterocycles. The van der Waals surface area contributed by atoms with E-state index < -0.39 is 17.6 Å². The van der Waals surface area contributed by atoms with E-state index in [4.69, 9.17) is 11.6 Å². The van der Waals surface area contributed by atoms with Crippen molar-refractivity contribution in [2.24, 2.45) is 5.92 Å². The van der Waals surface area contributed by atoms with Gasteiger partial charge in [-0.1, -0.05) is 37.6 Å². The highest BCUT2D eigenvalue weighted by Crippen LogP contribution is 2.29. The second-order valence-electron chi connectivity index (χ2n) is 7.32. The summed E-state index contributed by atoms with van der Waals surface area (Å²) in [7, 11) is 0. The Hall–Kier alpha value is -3.19. The molecular formula is C21H19ClN4O3. The molecule has 0 bridgehead atoms. The van der Waals surface area contributed by atoms with E-state index in [1.807, 2.05) is 19.1 Å². The first-order valence-corrected chi connectivity index (χ1v) is 9.55. The van der Waals surface area contributed by atoms with Crippen LogP contribution in [0.15, 0.2) is 47.5 Å². The number of aromatic nitrogens is 4. The summed E-state index contributed by atoms with van der Waals surface area (Å²) in [4.78, 5) is 29.2. The van der Waals surface area contributed by atoms with Crippen LogP contribution in [0, 0.1) is 12.8 Å². The van der Waals surface area contributed by atoms with Gasteiger partial charge in [-0.05, 0) is 36.6 Å². The maximum Gasteiger partial charge on any atom is 0.327 e. The molecule has 0 amide bonds. The molecule has 0 saturated carbocycles. The van der Waals surface area contributed by atoms with Crippen LogP contribution >= 0.6 is 11.6 Å². The summed E-state index contributed by atoms with van der Waals surface area (Å²) < 4.78 is 2.88. The van der Waals surface area contributed by atoms with E-state index in [1.54, 1.807) is 36.6 Å². The van der Waals surface area contributed by atoms with Gasteiger partial charge in [0, 0.05) is 23.0 Å². The average Bonchev–Trinajstić information content (AvgIpc) is 3.00. The molecule has 0 spiro atoms. The smallest absolute Gasteiger partial charge is 0.327 e. The van der Waals surface area contributed by atoms with Crippen molar-refractivity contribution in [2.75, 3.05) is 0 Å². The highest BCUT2D eigenvalue weighted by molar-refractivity contribution is 6.30. The lowest BCUT2D eigenvalue weighted by Gasteiger charge is -2.19. The van der Waals surface area contributed by atoms with Crippen LogP contribution in [-0.4, -0.2) is 30.2 Å². The molecule has 1 aromatic carbocycles. The van der Waals surface area contributed by atoms with Gasteiger partial charge in [0.1, 0.15) is 6.04 Å². The Kier molecular flexibility index (Phi) is 4.62. The van der Waals surface area contributed by atoms with E-state index in [0.29, 0.717) is 21.6 Å². The van der Waals surface area contributed by atoms with Crippen molar-refractivity contribution in [3.63, 3.8) is 0 Å². The molecule has 0 fully saturated rings. The summed E-state index contributed by atoms with van der Waals surface area (Å²) >= 11 is 6.00. The van der Waals surface area contributed by atoms with Gasteiger partial charge < -0.3 is 9.67 Å². The molecule has 29 heavy (non-hydrogen) atoms. The summed E-state index contributed by atoms with van der Waals surface area (Å²) in [5.41, 5.74) is 3.34. The molecule has 3 aromatic heterocycles. The Bertz CT molecular complexity index is 1310. The van der Waals surface area contributed by atoms with Gasteiger partial charge in [-0.3, -0.25) is 4.79 Å². The number of nitrogens with zero attached hydrogens (tertiary/aromatic N) is 4. The predicted molar refractivity (Wildman–Crippen MR) is 111 cm³/mol. The number of rotatable bonds is 4. The Balaban J connectivity index is 1.97. The number of benzene rings is 1. The third-order valence-electron chi connectivity index (χ3n) is 5.03. The lowest BCUT2D eigenvalue weighted by Crippen LogP contribution is -2.33. The average molecular weight is 411 g/mol. The molecule has 1 unspecified atom stereocenters. The Morgan fingerprint density at radius 3 is 2.48 bits per heavy atom. The first-order valence-electron chi connectivity index (χ1n) is 9.17. The minimum absolute atomic E-state index is 0.247. The summed E-state index contributed by atoms with van der Waals surface area (Å²) in [5, 5.41) is 15.1. The normalized spacial score (nSPS) is 12.7. The highest BCUT2D eigenvalue weighted by Gasteiger charge is 2.25. The number of carboxylic acids is 1. The van der Waals surface area contributed by atoms with Crippen molar-refractivity contribution in [1.82, 2.24) is 19.2 Å². The number of carboxylic acid groups (broad SMARTS) is 1. The second-order valence-corrected chi connectivity index (χ2v) is 7.75. The molecular weight excluding hydrogens is 392 g/mol. The maximum absolute atomic E-state index is 13.0. The van der Waals surface area contributed by atoms with Crippen LogP contribution in [0.25, 0.3) is 27.7 Å². The Morgan fingerprint density at radius 2 is 1.86 bits per heavy atom. The van der Waals surface area contributed by atoms with Crippen molar-refractivity contribution in [3.8, 4) is 11.1 Å². The fourth-order valence-corrected chi connectivity index (χ4v) is 3.82. The van der Waals surface area contributed by atoms with Gasteiger partial charge in [-0.25, -0.2) is 14.3 Å². The standard InChI is InChI=1S/C21H19ClN4O3/c1-11(2)18(21(28)29)25-9-8-16-15(20(25)27)10-23-19-17(12(3)24-26(16)19)13-4-6-14(22)7-5-13/h4-11,18H,1-3H3,(H,28,29). The minimum Gasteiger partial charge on any atom is -0.480 e. The van der Waals surface area contributed by atoms with Gasteiger partial charge in [-0.15, -0.1) is 0 Å². The number of aliphatic carboxylic acids is 1. The fourth-order valence-electron chi connectivity index (χ4n) is 3.69. The second kappa shape index (κ2) is 7.00. The first-order chi connectivity index (χ1) is 13.8. The van der Waals surface area contributed by atoms with Crippen LogP contribution in [-0.2, 0) is 4.79 Å².